The Morgan fingerprint density at radius 2 is 2.13 bits per heavy atom. The zero-order valence-corrected chi connectivity index (χ0v) is 9.35. The second-order valence-corrected chi connectivity index (χ2v) is 3.72. The van der Waals surface area contributed by atoms with Crippen molar-refractivity contribution in [3.8, 4) is 0 Å². The third-order valence-electron chi connectivity index (χ3n) is 1.75. The maximum atomic E-state index is 13.4. The molecule has 0 unspecified atom stereocenters. The van der Waals surface area contributed by atoms with E-state index in [1.54, 1.807) is 0 Å². The molecule has 0 fully saturated rings. The predicted octanol–water partition coefficient (Wildman–Crippen LogP) is 2.88. The summed E-state index contributed by atoms with van der Waals surface area (Å²) >= 11 is 2.84. The minimum absolute atomic E-state index is 0.0302. The van der Waals surface area contributed by atoms with Gasteiger partial charge in [-0.1, -0.05) is 0 Å². The molecule has 0 aliphatic heterocycles. The van der Waals surface area contributed by atoms with E-state index in [-0.39, 0.29) is 10.0 Å². The summed E-state index contributed by atoms with van der Waals surface area (Å²) in [6.07, 6.45) is -1.98. The molecular weight excluding hydrogens is 272 g/mol. The lowest BCUT2D eigenvalue weighted by molar-refractivity contribution is 0.114. The molecule has 0 aliphatic carbocycles. The molecule has 82 valence electrons. The maximum Gasteiger partial charge on any atom is 0.405 e. The van der Waals surface area contributed by atoms with E-state index in [0.29, 0.717) is 0 Å². The summed E-state index contributed by atoms with van der Waals surface area (Å²) in [5, 5.41) is 0. The smallest absolute Gasteiger partial charge is 0.405 e. The Kier molecular flexibility index (Phi) is 3.62. The van der Waals surface area contributed by atoms with Gasteiger partial charge in [0.2, 0.25) is 0 Å². The van der Waals surface area contributed by atoms with Crippen LogP contribution in [0.25, 0.3) is 0 Å². The van der Waals surface area contributed by atoms with Gasteiger partial charge in [0.1, 0.15) is 17.7 Å². The van der Waals surface area contributed by atoms with Gasteiger partial charge in [0.25, 0.3) is 0 Å². The molecular formula is C9H8BrF2NO2. The standard InChI is InChI=1S/C9H8BrF2NO2/c1-4(15-9(13)14)6-2-5(11)3-7(10)8(6)12/h2-4H,1H3,(H2,13,14)/t4-/m1/s1. The molecule has 6 heteroatoms. The predicted molar refractivity (Wildman–Crippen MR) is 53.1 cm³/mol. The van der Waals surface area contributed by atoms with Crippen LogP contribution in [0.5, 0.6) is 0 Å². The zero-order chi connectivity index (χ0) is 11.6. The number of ether oxygens (including phenoxy) is 1. The zero-order valence-electron chi connectivity index (χ0n) is 7.76. The van der Waals surface area contributed by atoms with Gasteiger partial charge >= 0.3 is 6.09 Å². The molecule has 0 aliphatic rings. The van der Waals surface area contributed by atoms with Crippen LogP contribution >= 0.6 is 15.9 Å². The first-order valence-electron chi connectivity index (χ1n) is 4.02. The molecule has 15 heavy (non-hydrogen) atoms. The molecule has 2 N–H and O–H groups in total. The lowest BCUT2D eigenvalue weighted by Crippen LogP contribution is -2.16. The summed E-state index contributed by atoms with van der Waals surface area (Å²) in [6.45, 7) is 1.40. The number of hydrogen-bond donors (Lipinski definition) is 1. The highest BCUT2D eigenvalue weighted by Crippen LogP contribution is 2.27. The summed E-state index contributed by atoms with van der Waals surface area (Å²) in [6, 6.07) is 1.93. The van der Waals surface area contributed by atoms with Crippen LogP contribution in [0, 0.1) is 11.6 Å². The normalized spacial score (nSPS) is 12.3. The molecule has 0 aromatic heterocycles. The summed E-state index contributed by atoms with van der Waals surface area (Å²) in [7, 11) is 0. The summed E-state index contributed by atoms with van der Waals surface area (Å²) in [5.74, 6) is -1.30. The van der Waals surface area contributed by atoms with E-state index in [9.17, 15) is 13.6 Å². The second kappa shape index (κ2) is 4.57. The van der Waals surface area contributed by atoms with Crippen LogP contribution in [-0.4, -0.2) is 6.09 Å². The molecule has 1 rings (SSSR count). The van der Waals surface area contributed by atoms with E-state index in [1.807, 2.05) is 0 Å². The Bertz CT molecular complexity index is 398. The molecule has 1 aromatic carbocycles. The fourth-order valence-electron chi connectivity index (χ4n) is 1.11. The molecule has 3 nitrogen and oxygen atoms in total. The van der Waals surface area contributed by atoms with Crippen molar-refractivity contribution in [3.63, 3.8) is 0 Å². The summed E-state index contributed by atoms with van der Waals surface area (Å²) in [5.41, 5.74) is 4.70. The third-order valence-corrected chi connectivity index (χ3v) is 2.33. The molecule has 0 heterocycles. The van der Waals surface area contributed by atoms with Crippen molar-refractivity contribution in [1.82, 2.24) is 0 Å². The Labute approximate surface area is 93.3 Å². The van der Waals surface area contributed by atoms with E-state index in [4.69, 9.17) is 5.73 Å². The summed E-state index contributed by atoms with van der Waals surface area (Å²) < 4.78 is 30.9. The first-order valence-corrected chi connectivity index (χ1v) is 4.81. The number of benzene rings is 1. The number of primary amides is 1. The van der Waals surface area contributed by atoms with Crippen molar-refractivity contribution in [2.75, 3.05) is 0 Å². The minimum atomic E-state index is -1.04. The van der Waals surface area contributed by atoms with Gasteiger partial charge in [-0.25, -0.2) is 13.6 Å². The Balaban J connectivity index is 3.07. The monoisotopic (exact) mass is 279 g/mol. The van der Waals surface area contributed by atoms with Crippen molar-refractivity contribution in [3.05, 3.63) is 33.8 Å². The molecule has 0 radical (unpaired) electrons. The molecule has 0 spiro atoms. The number of amides is 1. The van der Waals surface area contributed by atoms with E-state index < -0.39 is 23.8 Å². The van der Waals surface area contributed by atoms with Crippen LogP contribution in [0.15, 0.2) is 16.6 Å². The van der Waals surface area contributed by atoms with Gasteiger partial charge in [0.05, 0.1) is 4.47 Å². The van der Waals surface area contributed by atoms with E-state index in [1.165, 1.54) is 6.92 Å². The fourth-order valence-corrected chi connectivity index (χ4v) is 1.56. The number of carbonyl (C=O) groups is 1. The fraction of sp³-hybridized carbons (Fsp3) is 0.222. The van der Waals surface area contributed by atoms with Gasteiger partial charge in [-0.15, -0.1) is 0 Å². The molecule has 1 atom stereocenters. The molecule has 0 bridgehead atoms. The molecule has 0 saturated heterocycles. The lowest BCUT2D eigenvalue weighted by Gasteiger charge is -2.13. The van der Waals surface area contributed by atoms with Gasteiger partial charge in [0, 0.05) is 5.56 Å². The van der Waals surface area contributed by atoms with Crippen LogP contribution in [0.3, 0.4) is 0 Å². The highest BCUT2D eigenvalue weighted by molar-refractivity contribution is 9.10. The van der Waals surface area contributed by atoms with Crippen molar-refractivity contribution < 1.29 is 18.3 Å². The van der Waals surface area contributed by atoms with Crippen molar-refractivity contribution in [2.45, 2.75) is 13.0 Å². The van der Waals surface area contributed by atoms with Crippen LogP contribution in [0.4, 0.5) is 13.6 Å². The summed E-state index contributed by atoms with van der Waals surface area (Å²) in [4.78, 5) is 10.4. The molecule has 1 amide bonds. The van der Waals surface area contributed by atoms with E-state index in [2.05, 4.69) is 20.7 Å². The van der Waals surface area contributed by atoms with Crippen molar-refractivity contribution >= 4 is 22.0 Å². The Morgan fingerprint density at radius 1 is 1.53 bits per heavy atom. The second-order valence-electron chi connectivity index (χ2n) is 2.87. The number of nitrogens with two attached hydrogens (primary N) is 1. The minimum Gasteiger partial charge on any atom is -0.442 e. The van der Waals surface area contributed by atoms with Gasteiger partial charge in [-0.2, -0.15) is 0 Å². The highest BCUT2D eigenvalue weighted by atomic mass is 79.9. The van der Waals surface area contributed by atoms with Gasteiger partial charge in [0.15, 0.2) is 0 Å². The van der Waals surface area contributed by atoms with Crippen LogP contribution in [0.1, 0.15) is 18.6 Å². The van der Waals surface area contributed by atoms with Gasteiger partial charge < -0.3 is 10.5 Å². The van der Waals surface area contributed by atoms with Crippen LogP contribution in [-0.2, 0) is 4.74 Å². The molecule has 1 aromatic rings. The van der Waals surface area contributed by atoms with E-state index in [0.717, 1.165) is 12.1 Å². The maximum absolute atomic E-state index is 13.4. The topological polar surface area (TPSA) is 52.3 Å². The Hall–Kier alpha value is -1.17. The number of halogens is 3. The molecule has 0 saturated carbocycles. The van der Waals surface area contributed by atoms with Gasteiger partial charge in [-0.3, -0.25) is 0 Å². The quantitative estimate of drug-likeness (QED) is 0.847. The first kappa shape index (κ1) is 11.9. The van der Waals surface area contributed by atoms with Crippen molar-refractivity contribution in [2.24, 2.45) is 5.73 Å². The Morgan fingerprint density at radius 3 is 2.67 bits per heavy atom. The number of rotatable bonds is 2. The first-order chi connectivity index (χ1) is 6.91. The van der Waals surface area contributed by atoms with Gasteiger partial charge in [-0.05, 0) is 35.0 Å². The average molecular weight is 280 g/mol. The third kappa shape index (κ3) is 2.89. The number of carbonyl (C=O) groups excluding carboxylic acids is 1. The lowest BCUT2D eigenvalue weighted by atomic mass is 10.1. The van der Waals surface area contributed by atoms with Crippen molar-refractivity contribution in [1.29, 1.82) is 0 Å². The SMILES string of the molecule is C[C@@H](OC(N)=O)c1cc(F)cc(Br)c1F. The number of hydrogen-bond acceptors (Lipinski definition) is 2. The average Bonchev–Trinajstić information content (AvgIpc) is 2.09. The van der Waals surface area contributed by atoms with Crippen LogP contribution in [0.2, 0.25) is 0 Å². The van der Waals surface area contributed by atoms with E-state index >= 15 is 0 Å². The highest BCUT2D eigenvalue weighted by Gasteiger charge is 2.17. The largest absolute Gasteiger partial charge is 0.442 e. The van der Waals surface area contributed by atoms with Crippen LogP contribution < -0.4 is 5.73 Å².